The molecule has 1 aliphatic rings. The molecule has 1 atom stereocenters. The number of aliphatic carboxylic acids is 1. The van der Waals surface area contributed by atoms with Gasteiger partial charge in [-0.15, -0.1) is 0 Å². The summed E-state index contributed by atoms with van der Waals surface area (Å²) >= 11 is 0. The maximum atomic E-state index is 12.1. The van der Waals surface area contributed by atoms with E-state index in [0.29, 0.717) is 19.5 Å². The van der Waals surface area contributed by atoms with Crippen molar-refractivity contribution in [2.45, 2.75) is 19.4 Å². The van der Waals surface area contributed by atoms with Gasteiger partial charge in [0.15, 0.2) is 0 Å². The number of hydrogen-bond donors (Lipinski definition) is 2. The molecule has 6 nitrogen and oxygen atoms in total. The smallest absolute Gasteiger partial charge is 0.317 e. The molecule has 1 aromatic carbocycles. The van der Waals surface area contributed by atoms with Crippen LogP contribution in [0.25, 0.3) is 0 Å². The quantitative estimate of drug-likeness (QED) is 0.885. The van der Waals surface area contributed by atoms with Gasteiger partial charge in [0.1, 0.15) is 5.75 Å². The van der Waals surface area contributed by atoms with Crippen LogP contribution in [0, 0.1) is 5.92 Å². The lowest BCUT2D eigenvalue weighted by Crippen LogP contribution is -2.46. The Labute approximate surface area is 123 Å². The first-order valence-corrected chi connectivity index (χ1v) is 6.98. The van der Waals surface area contributed by atoms with Crippen molar-refractivity contribution in [3.05, 3.63) is 29.8 Å². The van der Waals surface area contributed by atoms with E-state index in [9.17, 15) is 9.59 Å². The predicted molar refractivity (Wildman–Crippen MR) is 77.2 cm³/mol. The third kappa shape index (κ3) is 4.11. The molecule has 1 heterocycles. The first-order chi connectivity index (χ1) is 10.1. The fourth-order valence-corrected chi connectivity index (χ4v) is 2.44. The fourth-order valence-electron chi connectivity index (χ4n) is 2.44. The third-order valence-electron chi connectivity index (χ3n) is 3.64. The van der Waals surface area contributed by atoms with Crippen LogP contribution in [0.2, 0.25) is 0 Å². The van der Waals surface area contributed by atoms with E-state index >= 15 is 0 Å². The van der Waals surface area contributed by atoms with Crippen molar-refractivity contribution >= 4 is 12.0 Å². The lowest BCUT2D eigenvalue weighted by atomic mass is 9.99. The van der Waals surface area contributed by atoms with Crippen LogP contribution in [-0.4, -0.2) is 42.2 Å². The number of urea groups is 1. The molecule has 0 radical (unpaired) electrons. The summed E-state index contributed by atoms with van der Waals surface area (Å²) in [4.78, 5) is 24.7. The summed E-state index contributed by atoms with van der Waals surface area (Å²) in [7, 11) is 1.59. The highest BCUT2D eigenvalue weighted by molar-refractivity contribution is 5.76. The van der Waals surface area contributed by atoms with Gasteiger partial charge < -0.3 is 20.1 Å². The first-order valence-electron chi connectivity index (χ1n) is 6.98. The van der Waals surface area contributed by atoms with Crippen molar-refractivity contribution in [2.24, 2.45) is 5.92 Å². The summed E-state index contributed by atoms with van der Waals surface area (Å²) in [6.07, 6.45) is 1.36. The molecule has 1 aliphatic heterocycles. The Morgan fingerprint density at radius 2 is 2.29 bits per heavy atom. The van der Waals surface area contributed by atoms with Crippen LogP contribution in [0.3, 0.4) is 0 Å². The number of hydrogen-bond acceptors (Lipinski definition) is 3. The van der Waals surface area contributed by atoms with Crippen LogP contribution in [0.1, 0.15) is 18.4 Å². The molecule has 1 aromatic rings. The van der Waals surface area contributed by atoms with E-state index in [1.165, 1.54) is 0 Å². The van der Waals surface area contributed by atoms with Gasteiger partial charge in [0.05, 0.1) is 13.0 Å². The van der Waals surface area contributed by atoms with Gasteiger partial charge in [-0.05, 0) is 30.5 Å². The minimum absolute atomic E-state index is 0.219. The molecule has 2 rings (SSSR count). The highest BCUT2D eigenvalue weighted by Gasteiger charge is 2.27. The molecular formula is C15H20N2O4. The number of rotatable bonds is 4. The molecule has 1 fully saturated rings. The Bertz CT molecular complexity index is 518. The third-order valence-corrected chi connectivity index (χ3v) is 3.64. The SMILES string of the molecule is COc1cccc(CNC(=O)N2CCC[C@H](C(=O)O)C2)c1. The molecule has 0 bridgehead atoms. The van der Waals surface area contributed by atoms with E-state index in [-0.39, 0.29) is 12.6 Å². The summed E-state index contributed by atoms with van der Waals surface area (Å²) in [5.41, 5.74) is 0.939. The maximum absolute atomic E-state index is 12.1. The van der Waals surface area contributed by atoms with Crippen LogP contribution in [-0.2, 0) is 11.3 Å². The monoisotopic (exact) mass is 292 g/mol. The summed E-state index contributed by atoms with van der Waals surface area (Å²) in [6, 6.07) is 7.24. The second kappa shape index (κ2) is 6.97. The lowest BCUT2D eigenvalue weighted by Gasteiger charge is -2.30. The van der Waals surface area contributed by atoms with Crippen LogP contribution in [0.5, 0.6) is 5.75 Å². The number of benzene rings is 1. The van der Waals surface area contributed by atoms with Crippen molar-refractivity contribution in [1.29, 1.82) is 0 Å². The summed E-state index contributed by atoms with van der Waals surface area (Å²) in [5.74, 6) is -0.549. The number of amides is 2. The number of likely N-dealkylation sites (tertiary alicyclic amines) is 1. The predicted octanol–water partition coefficient (Wildman–Crippen LogP) is 1.70. The van der Waals surface area contributed by atoms with Crippen molar-refractivity contribution in [3.8, 4) is 5.75 Å². The zero-order valence-corrected chi connectivity index (χ0v) is 12.0. The Hall–Kier alpha value is -2.24. The van der Waals surface area contributed by atoms with Crippen molar-refractivity contribution in [2.75, 3.05) is 20.2 Å². The number of carbonyl (C=O) groups excluding carboxylic acids is 1. The highest BCUT2D eigenvalue weighted by atomic mass is 16.5. The van der Waals surface area contributed by atoms with Gasteiger partial charge in [0.2, 0.25) is 0 Å². The maximum Gasteiger partial charge on any atom is 0.317 e. The minimum Gasteiger partial charge on any atom is -0.497 e. The molecule has 114 valence electrons. The van der Waals surface area contributed by atoms with Gasteiger partial charge >= 0.3 is 12.0 Å². The van der Waals surface area contributed by atoms with E-state index in [4.69, 9.17) is 9.84 Å². The standard InChI is InChI=1S/C15H20N2O4/c1-21-13-6-2-4-11(8-13)9-16-15(20)17-7-3-5-12(10-17)14(18)19/h2,4,6,8,12H,3,5,7,9-10H2,1H3,(H,16,20)(H,18,19)/t12-/m0/s1. The molecule has 6 heteroatoms. The van der Waals surface area contributed by atoms with Gasteiger partial charge in [-0.25, -0.2) is 4.79 Å². The number of methoxy groups -OCH3 is 1. The number of nitrogens with zero attached hydrogens (tertiary/aromatic N) is 1. The van der Waals surface area contributed by atoms with E-state index < -0.39 is 11.9 Å². The minimum atomic E-state index is -0.833. The molecule has 2 amide bonds. The molecule has 1 saturated heterocycles. The van der Waals surface area contributed by atoms with Crippen molar-refractivity contribution < 1.29 is 19.4 Å². The lowest BCUT2D eigenvalue weighted by molar-refractivity contribution is -0.143. The summed E-state index contributed by atoms with van der Waals surface area (Å²) in [5, 5.41) is 11.8. The number of carboxylic acids is 1. The zero-order chi connectivity index (χ0) is 15.2. The number of nitrogens with one attached hydrogen (secondary N) is 1. The second-order valence-corrected chi connectivity index (χ2v) is 5.13. The topological polar surface area (TPSA) is 78.9 Å². The van der Waals surface area contributed by atoms with E-state index in [1.54, 1.807) is 12.0 Å². The Morgan fingerprint density at radius 3 is 3.00 bits per heavy atom. The largest absolute Gasteiger partial charge is 0.497 e. The zero-order valence-electron chi connectivity index (χ0n) is 12.0. The summed E-state index contributed by atoms with van der Waals surface area (Å²) < 4.78 is 5.13. The van der Waals surface area contributed by atoms with Crippen LogP contribution in [0.4, 0.5) is 4.79 Å². The Kier molecular flexibility index (Phi) is 5.03. The van der Waals surface area contributed by atoms with Gasteiger partial charge in [-0.1, -0.05) is 12.1 Å². The van der Waals surface area contributed by atoms with Gasteiger partial charge in [-0.3, -0.25) is 4.79 Å². The van der Waals surface area contributed by atoms with Crippen molar-refractivity contribution in [1.82, 2.24) is 10.2 Å². The fraction of sp³-hybridized carbons (Fsp3) is 0.467. The average molecular weight is 292 g/mol. The Morgan fingerprint density at radius 1 is 1.48 bits per heavy atom. The van der Waals surface area contributed by atoms with E-state index in [1.807, 2.05) is 24.3 Å². The van der Waals surface area contributed by atoms with Crippen molar-refractivity contribution in [3.63, 3.8) is 0 Å². The molecule has 0 saturated carbocycles. The number of carbonyl (C=O) groups is 2. The van der Waals surface area contributed by atoms with Gasteiger partial charge in [-0.2, -0.15) is 0 Å². The van der Waals surface area contributed by atoms with Crippen LogP contribution in [0.15, 0.2) is 24.3 Å². The van der Waals surface area contributed by atoms with E-state index in [0.717, 1.165) is 17.7 Å². The number of ether oxygens (including phenoxy) is 1. The van der Waals surface area contributed by atoms with Gasteiger partial charge in [0, 0.05) is 19.6 Å². The van der Waals surface area contributed by atoms with Crippen LogP contribution >= 0.6 is 0 Å². The van der Waals surface area contributed by atoms with Crippen LogP contribution < -0.4 is 10.1 Å². The highest BCUT2D eigenvalue weighted by Crippen LogP contribution is 2.17. The summed E-state index contributed by atoms with van der Waals surface area (Å²) in [6.45, 7) is 1.28. The van der Waals surface area contributed by atoms with E-state index in [2.05, 4.69) is 5.32 Å². The second-order valence-electron chi connectivity index (χ2n) is 5.13. The van der Waals surface area contributed by atoms with Gasteiger partial charge in [0.25, 0.3) is 0 Å². The molecule has 0 aliphatic carbocycles. The molecular weight excluding hydrogens is 272 g/mol. The molecule has 0 aromatic heterocycles. The molecule has 0 unspecified atom stereocenters. The molecule has 21 heavy (non-hydrogen) atoms. The number of piperidine rings is 1. The molecule has 0 spiro atoms. The molecule has 2 N–H and O–H groups in total. The Balaban J connectivity index is 1.87. The normalized spacial score (nSPS) is 18.1. The average Bonchev–Trinajstić information content (AvgIpc) is 2.53. The first kappa shape index (κ1) is 15.2. The number of carboxylic acid groups (broad SMARTS) is 1.